The van der Waals surface area contributed by atoms with E-state index in [0.717, 1.165) is 42.6 Å². The summed E-state index contributed by atoms with van der Waals surface area (Å²) in [5.41, 5.74) is 2.43. The quantitative estimate of drug-likeness (QED) is 0.502. The van der Waals surface area contributed by atoms with Crippen LogP contribution in [0.5, 0.6) is 0 Å². The summed E-state index contributed by atoms with van der Waals surface area (Å²) in [5, 5.41) is 0. The number of carbonyl (C=O) groups is 2. The minimum absolute atomic E-state index is 0.0420. The van der Waals surface area contributed by atoms with Gasteiger partial charge in [0.25, 0.3) is 0 Å². The number of allylic oxidation sites excluding steroid dienone is 3. The fourth-order valence-corrected chi connectivity index (χ4v) is 5.54. The van der Waals surface area contributed by atoms with Crippen LogP contribution in [0.2, 0.25) is 0 Å². The van der Waals surface area contributed by atoms with Crippen LogP contribution in [0, 0.1) is 5.41 Å². The number of likely N-dealkylation sites (tertiary alicyclic amines) is 1. The number of hydrogen-bond donors (Lipinski definition) is 0. The molecular formula is C26H33F3N4O3. The number of ether oxygens (including phenoxy) is 1. The Morgan fingerprint density at radius 2 is 1.97 bits per heavy atom. The van der Waals surface area contributed by atoms with Crippen LogP contribution in [-0.4, -0.2) is 57.2 Å². The Morgan fingerprint density at radius 1 is 1.25 bits per heavy atom. The lowest BCUT2D eigenvalue weighted by molar-refractivity contribution is -0.142. The molecule has 2 amide bonds. The van der Waals surface area contributed by atoms with E-state index in [1.54, 1.807) is 17.9 Å². The van der Waals surface area contributed by atoms with Gasteiger partial charge >= 0.3 is 12.3 Å². The Labute approximate surface area is 209 Å². The van der Waals surface area contributed by atoms with E-state index in [1.165, 1.54) is 4.90 Å². The summed E-state index contributed by atoms with van der Waals surface area (Å²) in [4.78, 5) is 34.0. The number of amides is 2. The van der Waals surface area contributed by atoms with Crippen molar-refractivity contribution in [2.75, 3.05) is 19.7 Å². The first-order valence-electron chi connectivity index (χ1n) is 12.5. The zero-order valence-corrected chi connectivity index (χ0v) is 20.9. The number of nitrogens with zero attached hydrogens (tertiary/aromatic N) is 4. The molecule has 0 bridgehead atoms. The molecule has 0 unspecified atom stereocenters. The number of carbonyl (C=O) groups excluding carboxylic acids is 2. The third-order valence-corrected chi connectivity index (χ3v) is 7.16. The van der Waals surface area contributed by atoms with Crippen molar-refractivity contribution < 1.29 is 27.5 Å². The molecule has 1 aliphatic carbocycles. The summed E-state index contributed by atoms with van der Waals surface area (Å²) < 4.78 is 45.5. The van der Waals surface area contributed by atoms with E-state index >= 15 is 0 Å². The smallest absolute Gasteiger partial charge is 0.409 e. The lowest BCUT2D eigenvalue weighted by Crippen LogP contribution is -2.63. The van der Waals surface area contributed by atoms with Gasteiger partial charge in [0, 0.05) is 37.4 Å². The van der Waals surface area contributed by atoms with E-state index < -0.39 is 24.1 Å². The zero-order valence-electron chi connectivity index (χ0n) is 20.9. The summed E-state index contributed by atoms with van der Waals surface area (Å²) in [7, 11) is 0. The Hall–Kier alpha value is -3.04. The van der Waals surface area contributed by atoms with Crippen molar-refractivity contribution >= 4 is 12.0 Å². The number of alkyl halides is 3. The van der Waals surface area contributed by atoms with Gasteiger partial charge in [0.05, 0.1) is 18.8 Å². The Kier molecular flexibility index (Phi) is 7.33. The van der Waals surface area contributed by atoms with Gasteiger partial charge in [-0.15, -0.1) is 0 Å². The number of aromatic nitrogens is 2. The van der Waals surface area contributed by atoms with Crippen molar-refractivity contribution in [3.8, 4) is 0 Å². The van der Waals surface area contributed by atoms with Crippen molar-refractivity contribution in [1.82, 2.24) is 19.4 Å². The molecule has 7 nitrogen and oxygen atoms in total. The number of fused-ring (bicyclic) bond motifs is 1. The highest BCUT2D eigenvalue weighted by Gasteiger charge is 2.59. The van der Waals surface area contributed by atoms with Gasteiger partial charge < -0.3 is 19.1 Å². The average molecular weight is 507 g/mol. The van der Waals surface area contributed by atoms with Crippen LogP contribution in [-0.2, 0) is 35.5 Å². The van der Waals surface area contributed by atoms with E-state index in [4.69, 9.17) is 9.72 Å². The second-order valence-electron chi connectivity index (χ2n) is 9.53. The predicted octanol–water partition coefficient (Wildman–Crippen LogP) is 4.92. The maximum atomic E-state index is 13.8. The Balaban J connectivity index is 1.64. The van der Waals surface area contributed by atoms with Crippen molar-refractivity contribution in [2.45, 2.75) is 71.6 Å². The predicted molar refractivity (Wildman–Crippen MR) is 128 cm³/mol. The summed E-state index contributed by atoms with van der Waals surface area (Å²) in [6.07, 6.45) is 3.29. The van der Waals surface area contributed by atoms with E-state index in [9.17, 15) is 22.8 Å². The maximum absolute atomic E-state index is 13.8. The first-order chi connectivity index (χ1) is 17.1. The van der Waals surface area contributed by atoms with Crippen molar-refractivity contribution in [3.63, 3.8) is 0 Å². The molecule has 3 aliphatic rings. The molecule has 1 fully saturated rings. The third kappa shape index (κ3) is 4.69. The van der Waals surface area contributed by atoms with Gasteiger partial charge in [0.15, 0.2) is 0 Å². The van der Waals surface area contributed by atoms with Crippen LogP contribution >= 0.6 is 0 Å². The number of aryl methyl sites for hydroxylation is 1. The van der Waals surface area contributed by atoms with Gasteiger partial charge in [-0.3, -0.25) is 4.79 Å². The number of rotatable bonds is 8. The summed E-state index contributed by atoms with van der Waals surface area (Å²) >= 11 is 0. The highest BCUT2D eigenvalue weighted by Crippen LogP contribution is 2.48. The van der Waals surface area contributed by atoms with E-state index in [-0.39, 0.29) is 45.1 Å². The van der Waals surface area contributed by atoms with Gasteiger partial charge in [0.2, 0.25) is 5.91 Å². The second kappa shape index (κ2) is 10.1. The molecule has 0 aromatic carbocycles. The maximum Gasteiger partial charge on any atom is 0.409 e. The first kappa shape index (κ1) is 26.0. The SMILES string of the molecule is C=CC1=C(/C=C\C)C2(CN(C(=O)OCC)C2)C(=O)N1Cc1nc2c(n1CCCC(F)(F)F)CCCC2. The van der Waals surface area contributed by atoms with Gasteiger partial charge in [0.1, 0.15) is 11.2 Å². The number of imidazole rings is 1. The van der Waals surface area contributed by atoms with Crippen LogP contribution in [0.4, 0.5) is 18.0 Å². The summed E-state index contributed by atoms with van der Waals surface area (Å²) in [6, 6.07) is 0. The highest BCUT2D eigenvalue weighted by atomic mass is 19.4. The highest BCUT2D eigenvalue weighted by molar-refractivity contribution is 5.95. The largest absolute Gasteiger partial charge is 0.450 e. The van der Waals surface area contributed by atoms with Crippen molar-refractivity contribution in [1.29, 1.82) is 0 Å². The van der Waals surface area contributed by atoms with E-state index in [1.807, 2.05) is 23.6 Å². The van der Waals surface area contributed by atoms with Crippen LogP contribution in [0.15, 0.2) is 36.1 Å². The second-order valence-corrected chi connectivity index (χ2v) is 9.53. The molecule has 36 heavy (non-hydrogen) atoms. The topological polar surface area (TPSA) is 67.7 Å². The molecule has 1 aromatic heterocycles. The lowest BCUT2D eigenvalue weighted by Gasteiger charge is -2.46. The summed E-state index contributed by atoms with van der Waals surface area (Å²) in [5.74, 6) is 0.434. The van der Waals surface area contributed by atoms with E-state index in [0.29, 0.717) is 11.5 Å². The monoisotopic (exact) mass is 506 g/mol. The minimum Gasteiger partial charge on any atom is -0.450 e. The average Bonchev–Trinajstić information content (AvgIpc) is 3.25. The number of hydrogen-bond acceptors (Lipinski definition) is 4. The van der Waals surface area contributed by atoms with Gasteiger partial charge in [-0.2, -0.15) is 13.2 Å². The van der Waals surface area contributed by atoms with Crippen LogP contribution in [0.25, 0.3) is 0 Å². The van der Waals surface area contributed by atoms with Crippen LogP contribution in [0.1, 0.15) is 56.7 Å². The Bertz CT molecular complexity index is 1100. The molecule has 0 N–H and O–H groups in total. The molecule has 0 saturated carbocycles. The molecular weight excluding hydrogens is 473 g/mol. The van der Waals surface area contributed by atoms with Crippen molar-refractivity contribution in [3.05, 3.63) is 53.3 Å². The molecule has 4 rings (SSSR count). The fourth-order valence-electron chi connectivity index (χ4n) is 5.54. The van der Waals surface area contributed by atoms with Crippen LogP contribution < -0.4 is 0 Å². The van der Waals surface area contributed by atoms with Crippen molar-refractivity contribution in [2.24, 2.45) is 5.41 Å². The molecule has 1 saturated heterocycles. The molecule has 0 radical (unpaired) electrons. The molecule has 1 aromatic rings. The molecule has 1 spiro atoms. The normalized spacial score (nSPS) is 19.3. The first-order valence-corrected chi connectivity index (χ1v) is 12.5. The molecule has 10 heteroatoms. The zero-order chi connectivity index (χ0) is 26.1. The fraction of sp³-hybridized carbons (Fsp3) is 0.577. The molecule has 2 aliphatic heterocycles. The number of halogens is 3. The molecule has 3 heterocycles. The minimum atomic E-state index is -4.22. The lowest BCUT2D eigenvalue weighted by atomic mass is 9.73. The summed E-state index contributed by atoms with van der Waals surface area (Å²) in [6.45, 7) is 8.52. The van der Waals surface area contributed by atoms with Gasteiger partial charge in [-0.25, -0.2) is 9.78 Å². The van der Waals surface area contributed by atoms with Gasteiger partial charge in [-0.1, -0.05) is 18.7 Å². The standard InChI is InChI=1S/C26H33F3N4O3/c1-4-10-18-20(5-2)33(23(34)25(18)16-31(17-25)24(35)36-6-3)15-22-30-19-11-7-8-12-21(19)32(22)14-9-13-26(27,28)29/h4-5,10H,2,6-9,11-17H2,1,3H3/b10-4-. The molecule has 196 valence electrons. The third-order valence-electron chi connectivity index (χ3n) is 7.16. The van der Waals surface area contributed by atoms with E-state index in [2.05, 4.69) is 6.58 Å². The van der Waals surface area contributed by atoms with Crippen LogP contribution in [0.3, 0.4) is 0 Å². The molecule has 0 atom stereocenters. The van der Waals surface area contributed by atoms with Gasteiger partial charge in [-0.05, 0) is 57.6 Å². The Morgan fingerprint density at radius 3 is 2.61 bits per heavy atom.